The summed E-state index contributed by atoms with van der Waals surface area (Å²) in [7, 11) is 3.13. The van der Waals surface area contributed by atoms with Crippen LogP contribution < -0.4 is 9.64 Å². The first-order chi connectivity index (χ1) is 11.4. The van der Waals surface area contributed by atoms with Crippen LogP contribution in [0.4, 0.5) is 5.69 Å². The van der Waals surface area contributed by atoms with Gasteiger partial charge in [0.15, 0.2) is 6.10 Å². The second kappa shape index (κ2) is 7.64. The molecule has 126 valence electrons. The molecule has 0 aliphatic carbocycles. The first-order valence-corrected chi connectivity index (χ1v) is 7.62. The van der Waals surface area contributed by atoms with Crippen molar-refractivity contribution in [3.63, 3.8) is 0 Å². The van der Waals surface area contributed by atoms with Crippen molar-refractivity contribution in [1.29, 1.82) is 0 Å². The number of hydrogen-bond acceptors (Lipinski definition) is 4. The zero-order valence-electron chi connectivity index (χ0n) is 14.3. The summed E-state index contributed by atoms with van der Waals surface area (Å²) in [6, 6.07) is 14.4. The van der Waals surface area contributed by atoms with Gasteiger partial charge in [0.25, 0.3) is 5.91 Å². The fourth-order valence-corrected chi connectivity index (χ4v) is 2.31. The summed E-state index contributed by atoms with van der Waals surface area (Å²) < 4.78 is 10.5. The summed E-state index contributed by atoms with van der Waals surface area (Å²) in [5.74, 6) is -0.472. The maximum atomic E-state index is 12.4. The van der Waals surface area contributed by atoms with E-state index >= 15 is 0 Å². The molecule has 5 heteroatoms. The quantitative estimate of drug-likeness (QED) is 0.791. The van der Waals surface area contributed by atoms with Crippen LogP contribution in [0.25, 0.3) is 0 Å². The standard InChI is InChI=1S/C19H21NO4/c1-13-10-11-17(23-4)16(12-13)19(22)24-14(2)18(21)20(3)15-8-6-5-7-9-15/h5-12,14H,1-4H3/t14-/m0/s1. The van der Waals surface area contributed by atoms with Crippen LogP contribution >= 0.6 is 0 Å². The molecule has 0 saturated carbocycles. The first-order valence-electron chi connectivity index (χ1n) is 7.62. The minimum absolute atomic E-state index is 0.304. The number of benzene rings is 2. The molecule has 24 heavy (non-hydrogen) atoms. The summed E-state index contributed by atoms with van der Waals surface area (Å²) in [6.07, 6.45) is -0.909. The van der Waals surface area contributed by atoms with Crippen molar-refractivity contribution in [2.45, 2.75) is 20.0 Å². The van der Waals surface area contributed by atoms with Crippen LogP contribution in [0, 0.1) is 6.92 Å². The van der Waals surface area contributed by atoms with Crippen LogP contribution in [0.2, 0.25) is 0 Å². The van der Waals surface area contributed by atoms with E-state index < -0.39 is 12.1 Å². The predicted molar refractivity (Wildman–Crippen MR) is 92.5 cm³/mol. The Morgan fingerprint density at radius 1 is 1.08 bits per heavy atom. The second-order valence-corrected chi connectivity index (χ2v) is 5.48. The molecule has 0 aromatic heterocycles. The van der Waals surface area contributed by atoms with Crippen molar-refractivity contribution in [2.24, 2.45) is 0 Å². The lowest BCUT2D eigenvalue weighted by Gasteiger charge is -2.22. The number of likely N-dealkylation sites (N-methyl/N-ethyl adjacent to an activating group) is 1. The normalized spacial score (nSPS) is 11.5. The third kappa shape index (κ3) is 3.93. The summed E-state index contributed by atoms with van der Waals surface area (Å²) in [6.45, 7) is 3.43. The number of ether oxygens (including phenoxy) is 2. The summed E-state index contributed by atoms with van der Waals surface area (Å²) in [4.78, 5) is 26.3. The highest BCUT2D eigenvalue weighted by molar-refractivity contribution is 5.99. The topological polar surface area (TPSA) is 55.8 Å². The van der Waals surface area contributed by atoms with E-state index in [1.165, 1.54) is 12.0 Å². The van der Waals surface area contributed by atoms with Gasteiger partial charge in [-0.15, -0.1) is 0 Å². The molecule has 0 unspecified atom stereocenters. The SMILES string of the molecule is COc1ccc(C)cc1C(=O)O[C@@H](C)C(=O)N(C)c1ccccc1. The maximum Gasteiger partial charge on any atom is 0.342 e. The van der Waals surface area contributed by atoms with Crippen LogP contribution in [0.15, 0.2) is 48.5 Å². The number of esters is 1. The minimum Gasteiger partial charge on any atom is -0.496 e. The highest BCUT2D eigenvalue weighted by Gasteiger charge is 2.24. The molecule has 1 atom stereocenters. The zero-order valence-corrected chi connectivity index (χ0v) is 14.3. The van der Waals surface area contributed by atoms with Gasteiger partial charge in [-0.05, 0) is 38.1 Å². The summed E-state index contributed by atoms with van der Waals surface area (Å²) in [5, 5.41) is 0. The van der Waals surface area contributed by atoms with Gasteiger partial charge >= 0.3 is 5.97 Å². The minimum atomic E-state index is -0.909. The number of aryl methyl sites for hydroxylation is 1. The fraction of sp³-hybridized carbons (Fsp3) is 0.263. The molecule has 2 rings (SSSR count). The second-order valence-electron chi connectivity index (χ2n) is 5.48. The van der Waals surface area contributed by atoms with Gasteiger partial charge < -0.3 is 14.4 Å². The Labute approximate surface area is 141 Å². The zero-order chi connectivity index (χ0) is 17.7. The molecule has 0 N–H and O–H groups in total. The molecular weight excluding hydrogens is 306 g/mol. The van der Waals surface area contributed by atoms with E-state index in [1.54, 1.807) is 26.1 Å². The Morgan fingerprint density at radius 3 is 2.38 bits per heavy atom. The molecule has 2 aromatic carbocycles. The third-order valence-electron chi connectivity index (χ3n) is 3.68. The third-order valence-corrected chi connectivity index (χ3v) is 3.68. The Balaban J connectivity index is 2.11. The molecule has 0 aliphatic rings. The van der Waals surface area contributed by atoms with E-state index in [0.29, 0.717) is 11.3 Å². The molecule has 1 amide bonds. The molecular formula is C19H21NO4. The van der Waals surface area contributed by atoms with Gasteiger partial charge in [-0.3, -0.25) is 4.79 Å². The lowest BCUT2D eigenvalue weighted by molar-refractivity contribution is -0.126. The van der Waals surface area contributed by atoms with Crippen molar-refractivity contribution in [3.8, 4) is 5.75 Å². The molecule has 0 fully saturated rings. The van der Waals surface area contributed by atoms with Crippen molar-refractivity contribution in [2.75, 3.05) is 19.1 Å². The monoisotopic (exact) mass is 327 g/mol. The van der Waals surface area contributed by atoms with E-state index in [4.69, 9.17) is 9.47 Å². The van der Waals surface area contributed by atoms with Gasteiger partial charge in [-0.25, -0.2) is 4.79 Å². The molecule has 5 nitrogen and oxygen atoms in total. The summed E-state index contributed by atoms with van der Waals surface area (Å²) in [5.41, 5.74) is 1.95. The van der Waals surface area contributed by atoms with Crippen molar-refractivity contribution in [1.82, 2.24) is 0 Å². The van der Waals surface area contributed by atoms with Crippen molar-refractivity contribution >= 4 is 17.6 Å². The molecule has 0 radical (unpaired) electrons. The van der Waals surface area contributed by atoms with Crippen LogP contribution in [0.5, 0.6) is 5.75 Å². The van der Waals surface area contributed by atoms with Gasteiger partial charge in [0.05, 0.1) is 7.11 Å². The molecule has 2 aromatic rings. The number of hydrogen-bond donors (Lipinski definition) is 0. The number of methoxy groups -OCH3 is 1. The first kappa shape index (κ1) is 17.5. The summed E-state index contributed by atoms with van der Waals surface area (Å²) >= 11 is 0. The van der Waals surface area contributed by atoms with E-state index in [-0.39, 0.29) is 5.91 Å². The Bertz CT molecular complexity index is 727. The average Bonchev–Trinajstić information content (AvgIpc) is 2.61. The van der Waals surface area contributed by atoms with Crippen molar-refractivity contribution < 1.29 is 19.1 Å². The van der Waals surface area contributed by atoms with E-state index in [2.05, 4.69) is 0 Å². The number of carbonyl (C=O) groups is 2. The molecule has 0 saturated heterocycles. The Hall–Kier alpha value is -2.82. The number of amides is 1. The van der Waals surface area contributed by atoms with E-state index in [9.17, 15) is 9.59 Å². The Morgan fingerprint density at radius 2 is 1.75 bits per heavy atom. The lowest BCUT2D eigenvalue weighted by atomic mass is 10.1. The Kier molecular flexibility index (Phi) is 5.58. The number of rotatable bonds is 5. The van der Waals surface area contributed by atoms with Crippen LogP contribution in [0.1, 0.15) is 22.8 Å². The fourth-order valence-electron chi connectivity index (χ4n) is 2.31. The van der Waals surface area contributed by atoms with Gasteiger partial charge in [0, 0.05) is 12.7 Å². The average molecular weight is 327 g/mol. The van der Waals surface area contributed by atoms with Gasteiger partial charge in [-0.2, -0.15) is 0 Å². The number of para-hydroxylation sites is 1. The number of carbonyl (C=O) groups excluding carboxylic acids is 2. The highest BCUT2D eigenvalue weighted by Crippen LogP contribution is 2.21. The smallest absolute Gasteiger partial charge is 0.342 e. The molecule has 0 bridgehead atoms. The maximum absolute atomic E-state index is 12.4. The molecule has 0 heterocycles. The van der Waals surface area contributed by atoms with Crippen LogP contribution in [-0.2, 0) is 9.53 Å². The van der Waals surface area contributed by atoms with Crippen LogP contribution in [-0.4, -0.2) is 32.1 Å². The number of nitrogens with zero attached hydrogens (tertiary/aromatic N) is 1. The predicted octanol–water partition coefficient (Wildman–Crippen LogP) is 3.21. The molecule has 0 spiro atoms. The van der Waals surface area contributed by atoms with Gasteiger partial charge in [-0.1, -0.05) is 29.8 Å². The molecule has 0 aliphatic heterocycles. The van der Waals surface area contributed by atoms with Gasteiger partial charge in [0.1, 0.15) is 11.3 Å². The highest BCUT2D eigenvalue weighted by atomic mass is 16.5. The largest absolute Gasteiger partial charge is 0.496 e. The van der Waals surface area contributed by atoms with E-state index in [1.807, 2.05) is 43.3 Å². The van der Waals surface area contributed by atoms with E-state index in [0.717, 1.165) is 11.3 Å². The number of anilines is 1. The van der Waals surface area contributed by atoms with Crippen molar-refractivity contribution in [3.05, 3.63) is 59.7 Å². The lowest BCUT2D eigenvalue weighted by Crippen LogP contribution is -2.37. The van der Waals surface area contributed by atoms with Gasteiger partial charge in [0.2, 0.25) is 0 Å². The van der Waals surface area contributed by atoms with Crippen LogP contribution in [0.3, 0.4) is 0 Å².